The maximum absolute atomic E-state index is 13.0. The van der Waals surface area contributed by atoms with Crippen LogP contribution < -0.4 is 22.1 Å². The van der Waals surface area contributed by atoms with E-state index in [4.69, 9.17) is 15.9 Å². The second-order valence-electron chi connectivity index (χ2n) is 13.1. The zero-order valence-electron chi connectivity index (χ0n) is 29.8. The SMILES string of the molecule is Cc1cc(C)c(N=c2cc3oc4cc(Nc5c(C)cc(C)c(N)c5C)c(S(=O)(=O)O)cc4c(-c4ccccc4S(=O)(=O)O)c-3cc2S(=O)(=O)O)c(C)c1N. The average Bonchev–Trinajstić information content (AvgIpc) is 3.07. The minimum Gasteiger partial charge on any atom is -0.456 e. The van der Waals surface area contributed by atoms with Gasteiger partial charge in [-0.3, -0.25) is 13.7 Å². The lowest BCUT2D eigenvalue weighted by Gasteiger charge is -2.21. The Morgan fingerprint density at radius 2 is 1.20 bits per heavy atom. The summed E-state index contributed by atoms with van der Waals surface area (Å²) in [5, 5.41) is 2.68. The van der Waals surface area contributed by atoms with Gasteiger partial charge in [0.05, 0.1) is 16.7 Å². The normalized spacial score (nSPS) is 12.9. The Hall–Kier alpha value is -5.30. The molecule has 0 spiro atoms. The second kappa shape index (κ2) is 13.2. The van der Waals surface area contributed by atoms with E-state index in [0.717, 1.165) is 29.3 Å². The topological polar surface area (TPSA) is 253 Å². The third-order valence-corrected chi connectivity index (χ3v) is 12.1. The molecule has 0 bridgehead atoms. The lowest BCUT2D eigenvalue weighted by Crippen LogP contribution is -2.16. The lowest BCUT2D eigenvalue weighted by molar-refractivity contribution is 0.480. The van der Waals surface area contributed by atoms with Gasteiger partial charge < -0.3 is 21.2 Å². The molecule has 0 unspecified atom stereocenters. The molecule has 17 heteroatoms. The van der Waals surface area contributed by atoms with E-state index in [1.807, 2.05) is 13.8 Å². The smallest absolute Gasteiger partial charge is 0.296 e. The number of nitrogens with one attached hydrogen (secondary N) is 1. The van der Waals surface area contributed by atoms with Crippen LogP contribution in [0.1, 0.15) is 33.4 Å². The summed E-state index contributed by atoms with van der Waals surface area (Å²) in [5.41, 5.74) is 17.6. The monoisotopic (exact) mass is 792 g/mol. The second-order valence-corrected chi connectivity index (χ2v) is 17.3. The van der Waals surface area contributed by atoms with Crippen molar-refractivity contribution in [2.75, 3.05) is 16.8 Å². The van der Waals surface area contributed by atoms with Crippen molar-refractivity contribution in [1.82, 2.24) is 0 Å². The van der Waals surface area contributed by atoms with Crippen molar-refractivity contribution in [2.45, 2.75) is 56.2 Å². The van der Waals surface area contributed by atoms with Crippen molar-refractivity contribution in [1.29, 1.82) is 0 Å². The van der Waals surface area contributed by atoms with E-state index in [-0.39, 0.29) is 44.5 Å². The van der Waals surface area contributed by atoms with E-state index >= 15 is 0 Å². The average molecular weight is 793 g/mol. The molecule has 1 heterocycles. The van der Waals surface area contributed by atoms with E-state index in [9.17, 15) is 38.9 Å². The van der Waals surface area contributed by atoms with Crippen molar-refractivity contribution in [3.63, 3.8) is 0 Å². The van der Waals surface area contributed by atoms with Gasteiger partial charge in [0.25, 0.3) is 30.4 Å². The third-order valence-electron chi connectivity index (χ3n) is 9.41. The molecular formula is C37H36N4O10S3. The Morgan fingerprint density at radius 3 is 1.81 bits per heavy atom. The maximum atomic E-state index is 13.0. The highest BCUT2D eigenvalue weighted by atomic mass is 32.2. The van der Waals surface area contributed by atoms with Gasteiger partial charge in [-0.1, -0.05) is 30.3 Å². The minimum absolute atomic E-state index is 0.0644. The molecule has 0 radical (unpaired) electrons. The number of anilines is 4. The summed E-state index contributed by atoms with van der Waals surface area (Å²) in [6.07, 6.45) is 0. The molecule has 14 nitrogen and oxygen atoms in total. The van der Waals surface area contributed by atoms with Crippen molar-refractivity contribution in [3.05, 3.63) is 99.4 Å². The van der Waals surface area contributed by atoms with Crippen LogP contribution in [0, 0.1) is 41.5 Å². The molecule has 1 aliphatic carbocycles. The first kappa shape index (κ1) is 38.4. The summed E-state index contributed by atoms with van der Waals surface area (Å²) in [4.78, 5) is 2.63. The third kappa shape index (κ3) is 6.81. The van der Waals surface area contributed by atoms with E-state index in [0.29, 0.717) is 45.0 Å². The Morgan fingerprint density at radius 1 is 0.630 bits per heavy atom. The number of aryl methyl sites for hydroxylation is 4. The first-order valence-corrected chi connectivity index (χ1v) is 20.5. The molecular weight excluding hydrogens is 757 g/mol. The molecule has 282 valence electrons. The Bertz CT molecular complexity index is 2970. The number of hydrogen-bond donors (Lipinski definition) is 6. The fourth-order valence-electron chi connectivity index (χ4n) is 6.74. The summed E-state index contributed by atoms with van der Waals surface area (Å²) >= 11 is 0. The highest BCUT2D eigenvalue weighted by molar-refractivity contribution is 7.86. The molecule has 0 aromatic heterocycles. The molecule has 4 aromatic rings. The van der Waals surface area contributed by atoms with Gasteiger partial charge in [0.1, 0.15) is 26.0 Å². The standard InChI is InChI=1S/C37H36N4O10S3/c1-17-11-19(3)36(21(5)34(17)38)40-26-15-28-24(13-31(26)53(45,46)47)33(23-9-7-8-10-30(23)52(42,43)44)25-14-32(54(48,49)50)27(16-29(25)51-28)41-37-20(4)12-18(2)35(39)22(37)6/h7-16,40H,38-39H2,1-6H3,(H,42,43,44)(H,45,46,47)(H,48,49,50). The zero-order valence-corrected chi connectivity index (χ0v) is 32.2. The van der Waals surface area contributed by atoms with Gasteiger partial charge in [0.2, 0.25) is 0 Å². The van der Waals surface area contributed by atoms with Crippen LogP contribution in [0.4, 0.5) is 28.4 Å². The van der Waals surface area contributed by atoms with Crippen LogP contribution >= 0.6 is 0 Å². The molecule has 0 saturated heterocycles. The first-order valence-electron chi connectivity index (χ1n) is 16.1. The van der Waals surface area contributed by atoms with Crippen molar-refractivity contribution < 1.29 is 43.3 Å². The Labute approximate surface area is 311 Å². The summed E-state index contributed by atoms with van der Waals surface area (Å²) in [7, 11) is -15.0. The van der Waals surface area contributed by atoms with E-state index in [1.165, 1.54) is 30.3 Å². The molecule has 54 heavy (non-hydrogen) atoms. The Balaban J connectivity index is 1.83. The van der Waals surface area contributed by atoms with Gasteiger partial charge in [0.15, 0.2) is 0 Å². The molecule has 0 atom stereocenters. The number of hydrogen-bond acceptors (Lipinski definition) is 11. The lowest BCUT2D eigenvalue weighted by atomic mass is 9.93. The molecule has 0 amide bonds. The van der Waals surface area contributed by atoms with Gasteiger partial charge >= 0.3 is 0 Å². The predicted octanol–water partition coefficient (Wildman–Crippen LogP) is 6.94. The molecule has 4 aromatic carbocycles. The first-order chi connectivity index (χ1) is 25.0. The number of nitrogens with zero attached hydrogens (tertiary/aromatic N) is 1. The number of nitrogens with two attached hydrogens (primary N) is 2. The van der Waals surface area contributed by atoms with Crippen LogP contribution in [-0.4, -0.2) is 38.9 Å². The fourth-order valence-corrected chi connectivity index (χ4v) is 8.72. The van der Waals surface area contributed by atoms with E-state index in [2.05, 4.69) is 10.3 Å². The number of nitrogen functional groups attached to an aromatic ring is 2. The van der Waals surface area contributed by atoms with Gasteiger partial charge in [-0.25, -0.2) is 4.99 Å². The molecule has 6 rings (SSSR count). The molecule has 0 fully saturated rings. The van der Waals surface area contributed by atoms with Crippen LogP contribution in [0.3, 0.4) is 0 Å². The van der Waals surface area contributed by atoms with Gasteiger partial charge in [0, 0.05) is 51.3 Å². The van der Waals surface area contributed by atoms with Crippen molar-refractivity contribution in [3.8, 4) is 22.5 Å². The fraction of sp³-hybridized carbons (Fsp3) is 0.162. The van der Waals surface area contributed by atoms with Crippen LogP contribution in [-0.2, 0) is 30.4 Å². The predicted molar refractivity (Wildman–Crippen MR) is 206 cm³/mol. The minimum atomic E-state index is -5.06. The van der Waals surface area contributed by atoms with Crippen molar-refractivity contribution >= 4 is 69.8 Å². The number of fused-ring (bicyclic) bond motifs is 2. The van der Waals surface area contributed by atoms with Gasteiger partial charge in [-0.2, -0.15) is 25.3 Å². The van der Waals surface area contributed by atoms with Crippen LogP contribution in [0.25, 0.3) is 33.4 Å². The number of benzene rings is 5. The quantitative estimate of drug-likeness (QED) is 0.0545. The van der Waals surface area contributed by atoms with Crippen LogP contribution in [0.2, 0.25) is 0 Å². The summed E-state index contributed by atoms with van der Waals surface area (Å²) in [6.45, 7) is 10.6. The Kier molecular flexibility index (Phi) is 9.41. The van der Waals surface area contributed by atoms with Crippen LogP contribution in [0.15, 0.2) is 84.8 Å². The molecule has 0 saturated carbocycles. The van der Waals surface area contributed by atoms with Crippen LogP contribution in [0.5, 0.6) is 0 Å². The summed E-state index contributed by atoms with van der Waals surface area (Å²) in [6, 6.07) is 13.3. The van der Waals surface area contributed by atoms with Gasteiger partial charge in [-0.15, -0.1) is 0 Å². The van der Waals surface area contributed by atoms with Crippen molar-refractivity contribution in [2.24, 2.45) is 4.99 Å². The maximum Gasteiger partial charge on any atom is 0.296 e. The molecule has 2 aliphatic rings. The largest absolute Gasteiger partial charge is 0.456 e. The number of rotatable bonds is 7. The van der Waals surface area contributed by atoms with Gasteiger partial charge in [-0.05, 0) is 93.1 Å². The molecule has 1 aliphatic heterocycles. The van der Waals surface area contributed by atoms with E-state index < -0.39 is 45.0 Å². The summed E-state index contributed by atoms with van der Waals surface area (Å²) in [5.74, 6) is -0.0818. The van der Waals surface area contributed by atoms with E-state index in [1.54, 1.807) is 39.8 Å². The highest BCUT2D eigenvalue weighted by Gasteiger charge is 2.29. The zero-order chi connectivity index (χ0) is 39.8. The highest BCUT2D eigenvalue weighted by Crippen LogP contribution is 2.45. The summed E-state index contributed by atoms with van der Waals surface area (Å²) < 4.78 is 115. The molecule has 8 N–H and O–H groups in total.